The van der Waals surface area contributed by atoms with E-state index >= 15 is 0 Å². The minimum Gasteiger partial charge on any atom is -0.350 e. The number of sulfonamides is 1. The zero-order chi connectivity index (χ0) is 20.1. The van der Waals surface area contributed by atoms with Gasteiger partial charge in [-0.15, -0.1) is 0 Å². The molecule has 1 aromatic heterocycles. The lowest BCUT2D eigenvalue weighted by molar-refractivity contribution is -0.121. The van der Waals surface area contributed by atoms with Crippen molar-refractivity contribution in [3.63, 3.8) is 0 Å². The molecule has 0 bridgehead atoms. The van der Waals surface area contributed by atoms with Crippen molar-refractivity contribution >= 4 is 38.7 Å². The van der Waals surface area contributed by atoms with Crippen LogP contribution in [0, 0.1) is 0 Å². The van der Waals surface area contributed by atoms with E-state index in [1.54, 1.807) is 23.9 Å². The molecule has 0 aliphatic heterocycles. The lowest BCUT2D eigenvalue weighted by Crippen LogP contribution is -2.26. The third kappa shape index (κ3) is 5.34. The van der Waals surface area contributed by atoms with E-state index in [2.05, 4.69) is 15.3 Å². The molecule has 1 unspecified atom stereocenters. The number of para-hydroxylation sites is 2. The van der Waals surface area contributed by atoms with Gasteiger partial charge in [-0.1, -0.05) is 36.0 Å². The molecule has 3 aromatic rings. The van der Waals surface area contributed by atoms with Crippen molar-refractivity contribution in [1.29, 1.82) is 0 Å². The van der Waals surface area contributed by atoms with E-state index in [0.29, 0.717) is 6.42 Å². The lowest BCUT2D eigenvalue weighted by atomic mass is 10.1. The third-order valence-corrected chi connectivity index (χ3v) is 6.13. The molecule has 28 heavy (non-hydrogen) atoms. The maximum Gasteiger partial charge on any atom is 0.238 e. The van der Waals surface area contributed by atoms with E-state index in [1.807, 2.05) is 31.2 Å². The van der Waals surface area contributed by atoms with Gasteiger partial charge in [-0.05, 0) is 43.2 Å². The summed E-state index contributed by atoms with van der Waals surface area (Å²) in [6, 6.07) is 13.8. The molecular weight excluding hydrogens is 396 g/mol. The summed E-state index contributed by atoms with van der Waals surface area (Å²) in [5, 5.41) is 8.86. The number of amides is 1. The summed E-state index contributed by atoms with van der Waals surface area (Å²) < 4.78 is 22.6. The number of nitrogens with two attached hydrogens (primary N) is 1. The van der Waals surface area contributed by atoms with Gasteiger partial charge in [0.2, 0.25) is 15.9 Å². The van der Waals surface area contributed by atoms with Gasteiger partial charge in [-0.25, -0.2) is 18.5 Å². The number of fused-ring (bicyclic) bond motifs is 1. The minimum absolute atomic E-state index is 0.0479. The number of imidazole rings is 1. The number of carbonyl (C=O) groups is 1. The molecule has 0 aliphatic carbocycles. The number of rotatable bonds is 8. The molecule has 0 aliphatic rings. The number of hydrogen-bond donors (Lipinski definition) is 3. The molecular formula is C19H22N4O3S2. The Kier molecular flexibility index (Phi) is 6.38. The van der Waals surface area contributed by atoms with Gasteiger partial charge < -0.3 is 10.3 Å². The van der Waals surface area contributed by atoms with Gasteiger partial charge in [-0.3, -0.25) is 4.79 Å². The summed E-state index contributed by atoms with van der Waals surface area (Å²) in [5.41, 5.74) is 2.76. The van der Waals surface area contributed by atoms with Gasteiger partial charge in [0.25, 0.3) is 0 Å². The zero-order valence-corrected chi connectivity index (χ0v) is 17.0. The van der Waals surface area contributed by atoms with Crippen LogP contribution < -0.4 is 10.5 Å². The Morgan fingerprint density at radius 3 is 2.61 bits per heavy atom. The van der Waals surface area contributed by atoms with Gasteiger partial charge in [0.15, 0.2) is 5.16 Å². The van der Waals surface area contributed by atoms with Gasteiger partial charge >= 0.3 is 0 Å². The van der Waals surface area contributed by atoms with E-state index in [-0.39, 0.29) is 16.8 Å². The normalized spacial score (nSPS) is 12.8. The number of aromatic amines is 1. The summed E-state index contributed by atoms with van der Waals surface area (Å²) in [4.78, 5) is 19.9. The van der Waals surface area contributed by atoms with Crippen LogP contribution >= 0.6 is 11.8 Å². The molecule has 3 rings (SSSR count). The van der Waals surface area contributed by atoms with Gasteiger partial charge in [0.1, 0.15) is 0 Å². The first-order chi connectivity index (χ1) is 13.3. The second-order valence-electron chi connectivity index (χ2n) is 6.41. The van der Waals surface area contributed by atoms with E-state index in [1.165, 1.54) is 12.1 Å². The molecule has 4 N–H and O–H groups in total. The van der Waals surface area contributed by atoms with Crippen molar-refractivity contribution in [2.24, 2.45) is 5.14 Å². The van der Waals surface area contributed by atoms with E-state index in [0.717, 1.165) is 33.9 Å². The quantitative estimate of drug-likeness (QED) is 0.384. The number of nitrogens with one attached hydrogen (secondary N) is 2. The third-order valence-electron chi connectivity index (χ3n) is 4.24. The molecule has 9 heteroatoms. The van der Waals surface area contributed by atoms with Crippen LogP contribution in [-0.2, 0) is 14.8 Å². The molecule has 0 saturated carbocycles. The highest BCUT2D eigenvalue weighted by Gasteiger charge is 2.12. The first-order valence-electron chi connectivity index (χ1n) is 8.82. The van der Waals surface area contributed by atoms with E-state index in [4.69, 9.17) is 5.14 Å². The van der Waals surface area contributed by atoms with Crippen molar-refractivity contribution in [2.75, 3.05) is 5.75 Å². The summed E-state index contributed by atoms with van der Waals surface area (Å²) in [6.07, 6.45) is 1.14. The SMILES string of the molecule is CC(NC(=O)CCCSc1nc2ccccc2[nH]1)c1ccc(S(N)(=O)=O)cc1. The maximum absolute atomic E-state index is 12.1. The zero-order valence-electron chi connectivity index (χ0n) is 15.4. The summed E-state index contributed by atoms with van der Waals surface area (Å²) in [6.45, 7) is 1.85. The summed E-state index contributed by atoms with van der Waals surface area (Å²) in [5.74, 6) is 0.734. The van der Waals surface area contributed by atoms with Crippen molar-refractivity contribution in [3.05, 3.63) is 54.1 Å². The largest absolute Gasteiger partial charge is 0.350 e. The van der Waals surface area contributed by atoms with E-state index in [9.17, 15) is 13.2 Å². The molecule has 1 heterocycles. The molecule has 7 nitrogen and oxygen atoms in total. The standard InChI is InChI=1S/C19H22N4O3S2/c1-13(14-8-10-15(11-9-14)28(20,25)26)21-18(24)7-4-12-27-19-22-16-5-2-3-6-17(16)23-19/h2-3,5-6,8-11,13H,4,7,12H2,1H3,(H,21,24)(H,22,23)(H2,20,25,26). The Morgan fingerprint density at radius 1 is 1.21 bits per heavy atom. The Balaban J connectivity index is 1.43. The second-order valence-corrected chi connectivity index (χ2v) is 9.06. The van der Waals surface area contributed by atoms with Crippen LogP contribution in [0.25, 0.3) is 11.0 Å². The molecule has 0 fully saturated rings. The highest BCUT2D eigenvalue weighted by Crippen LogP contribution is 2.20. The first kappa shape index (κ1) is 20.4. The first-order valence-corrected chi connectivity index (χ1v) is 11.4. The number of H-pyrrole nitrogens is 1. The van der Waals surface area contributed by atoms with Crippen LogP contribution in [0.15, 0.2) is 58.6 Å². The molecule has 148 valence electrons. The predicted molar refractivity (Wildman–Crippen MR) is 110 cm³/mol. The van der Waals surface area contributed by atoms with Gasteiger partial charge in [0, 0.05) is 12.2 Å². The fraction of sp³-hybridized carbons (Fsp3) is 0.263. The summed E-state index contributed by atoms with van der Waals surface area (Å²) in [7, 11) is -3.71. The number of hydrogen-bond acceptors (Lipinski definition) is 5. The molecule has 1 amide bonds. The fourth-order valence-corrected chi connectivity index (χ4v) is 4.08. The Hall–Kier alpha value is -2.36. The van der Waals surface area contributed by atoms with Crippen LogP contribution in [-0.4, -0.2) is 30.0 Å². The Morgan fingerprint density at radius 2 is 1.93 bits per heavy atom. The number of aromatic nitrogens is 2. The van der Waals surface area contributed by atoms with Gasteiger partial charge in [0.05, 0.1) is 22.0 Å². The second kappa shape index (κ2) is 8.76. The number of benzene rings is 2. The van der Waals surface area contributed by atoms with Crippen LogP contribution in [0.4, 0.5) is 0 Å². The van der Waals surface area contributed by atoms with Crippen molar-refractivity contribution in [1.82, 2.24) is 15.3 Å². The van der Waals surface area contributed by atoms with E-state index < -0.39 is 10.0 Å². The maximum atomic E-state index is 12.1. The highest BCUT2D eigenvalue weighted by atomic mass is 32.2. The molecule has 0 spiro atoms. The van der Waals surface area contributed by atoms with Crippen LogP contribution in [0.1, 0.15) is 31.4 Å². The van der Waals surface area contributed by atoms with Gasteiger partial charge in [-0.2, -0.15) is 0 Å². The topological polar surface area (TPSA) is 118 Å². The molecule has 0 saturated heterocycles. The van der Waals surface area contributed by atoms with Crippen LogP contribution in [0.3, 0.4) is 0 Å². The monoisotopic (exact) mass is 418 g/mol. The van der Waals surface area contributed by atoms with Crippen molar-refractivity contribution in [2.45, 2.75) is 35.9 Å². The van der Waals surface area contributed by atoms with Crippen molar-refractivity contribution < 1.29 is 13.2 Å². The fourth-order valence-electron chi connectivity index (χ4n) is 2.74. The summed E-state index contributed by atoms with van der Waals surface area (Å²) >= 11 is 1.59. The average Bonchev–Trinajstić information content (AvgIpc) is 3.07. The smallest absolute Gasteiger partial charge is 0.238 e. The molecule has 2 aromatic carbocycles. The lowest BCUT2D eigenvalue weighted by Gasteiger charge is -2.14. The Labute approximate surface area is 168 Å². The van der Waals surface area contributed by atoms with Crippen LogP contribution in [0.2, 0.25) is 0 Å². The minimum atomic E-state index is -3.71. The number of primary sulfonamides is 1. The molecule has 1 atom stereocenters. The highest BCUT2D eigenvalue weighted by molar-refractivity contribution is 7.99. The predicted octanol–water partition coefficient (Wildman–Crippen LogP) is 2.96. The average molecular weight is 419 g/mol. The number of carbonyl (C=O) groups excluding carboxylic acids is 1. The molecule has 0 radical (unpaired) electrons. The van der Waals surface area contributed by atoms with Crippen molar-refractivity contribution in [3.8, 4) is 0 Å². The number of thioether (sulfide) groups is 1. The number of nitrogens with zero attached hydrogens (tertiary/aromatic N) is 1. The van der Waals surface area contributed by atoms with Crippen LogP contribution in [0.5, 0.6) is 0 Å². The Bertz CT molecular complexity index is 1030.